The molecule has 64 heavy (non-hydrogen) atoms. The van der Waals surface area contributed by atoms with Crippen molar-refractivity contribution in [2.45, 2.75) is 37.6 Å². The summed E-state index contributed by atoms with van der Waals surface area (Å²) >= 11 is 0.531. The van der Waals surface area contributed by atoms with Gasteiger partial charge in [-0.05, 0) is 48.5 Å². The zero-order valence-electron chi connectivity index (χ0n) is 32.1. The van der Waals surface area contributed by atoms with Gasteiger partial charge in [0.2, 0.25) is 0 Å². The Hall–Kier alpha value is -6.35. The smallest absolute Gasteiger partial charge is 0.336 e. The first kappa shape index (κ1) is 48.7. The summed E-state index contributed by atoms with van der Waals surface area (Å²) in [4.78, 5) is 24.1. The molecule has 5 rings (SSSR count). The second kappa shape index (κ2) is 19.6. The minimum Gasteiger partial charge on any atom is -0.478 e. The van der Waals surface area contributed by atoms with Crippen molar-refractivity contribution in [3.8, 4) is 0 Å². The number of primary amides is 1. The Balaban J connectivity index is 1.41. The highest BCUT2D eigenvalue weighted by Crippen LogP contribution is 2.44. The molecule has 1 amide bonds. The maximum absolute atomic E-state index is 13.2. The van der Waals surface area contributed by atoms with Crippen LogP contribution >= 0.6 is 12.0 Å². The van der Waals surface area contributed by atoms with Gasteiger partial charge in [0.25, 0.3) is 36.3 Å². The molecule has 2 heterocycles. The normalized spacial score (nSPS) is 12.5. The van der Waals surface area contributed by atoms with Crippen molar-refractivity contribution in [3.63, 3.8) is 0 Å². The predicted octanol–water partition coefficient (Wildman–Crippen LogP) is 2.92. The molecule has 0 radical (unpaired) electrons. The molecule has 0 bridgehead atoms. The van der Waals surface area contributed by atoms with Crippen molar-refractivity contribution in [1.29, 1.82) is 0 Å². The van der Waals surface area contributed by atoms with Gasteiger partial charge in [0, 0.05) is 23.1 Å². The fourth-order valence-electron chi connectivity index (χ4n) is 5.23. The molecule has 10 N–H and O–H groups in total. The number of benzene rings is 3. The summed E-state index contributed by atoms with van der Waals surface area (Å²) in [6.07, 6.45) is 5.75. The fraction of sp³-hybridized carbons (Fsp3) is 0.118. The first-order valence-electron chi connectivity index (χ1n) is 17.3. The van der Waals surface area contributed by atoms with Gasteiger partial charge in [0.15, 0.2) is 47.7 Å². The van der Waals surface area contributed by atoms with Gasteiger partial charge in [-0.1, -0.05) is 0 Å². The zero-order chi connectivity index (χ0) is 47.2. The molecule has 0 atom stereocenters. The Kier molecular flexibility index (Phi) is 14.9. The van der Waals surface area contributed by atoms with Gasteiger partial charge < -0.3 is 22.3 Å². The number of nitrogen functional groups attached to an aromatic ring is 2. The number of amides is 1. The number of carbonyl (C=O) groups excluding carboxylic acids is 1. The Morgan fingerprint density at radius 3 is 1.86 bits per heavy atom. The van der Waals surface area contributed by atoms with E-state index in [1.54, 1.807) is 4.57 Å². The molecule has 0 saturated heterocycles. The van der Waals surface area contributed by atoms with Crippen LogP contribution in [0.5, 0.6) is 0 Å². The first-order valence-corrected chi connectivity index (χ1v) is 24.0. The Labute approximate surface area is 367 Å². The standard InChI is InChI=1S/C34H31N9O16S5/c35-30-26(40-38-24-5-3-22(16-27(24)62(49,50)51)60-59-58-14-12-42-10-7-20(8-11-42)34(45)46)18-29(64(55,56)57)31(36)32(30)41-39-25-6-4-23(17-28(25)63(52,53)54)61(47,48)15-13-43-9-1-2-21(19-43)33(37)44/h1-11,16-19H,12-15H2,(H8-2,35,36,37,38,39,44,45,46,49,50,51,52,53,54,55,56,57)/p+2. The van der Waals surface area contributed by atoms with Crippen LogP contribution in [0.1, 0.15) is 20.7 Å². The number of hydrogen-bond acceptors (Lipinski definition) is 19. The number of anilines is 2. The third kappa shape index (κ3) is 12.4. The summed E-state index contributed by atoms with van der Waals surface area (Å²) in [6, 6.07) is 11.8. The van der Waals surface area contributed by atoms with Gasteiger partial charge in [-0.15, -0.1) is 20.5 Å². The van der Waals surface area contributed by atoms with Crippen molar-refractivity contribution in [2.75, 3.05) is 23.8 Å². The summed E-state index contributed by atoms with van der Waals surface area (Å²) in [7, 11) is -19.8. The van der Waals surface area contributed by atoms with E-state index in [-0.39, 0.29) is 35.7 Å². The summed E-state index contributed by atoms with van der Waals surface area (Å²) in [5.74, 6) is -2.49. The molecule has 2 aromatic heterocycles. The van der Waals surface area contributed by atoms with E-state index >= 15 is 0 Å². The highest BCUT2D eigenvalue weighted by atomic mass is 32.2. The Morgan fingerprint density at radius 2 is 1.25 bits per heavy atom. The van der Waals surface area contributed by atoms with Crippen molar-refractivity contribution >= 4 is 98.2 Å². The molecule has 0 saturated carbocycles. The number of pyridine rings is 2. The van der Waals surface area contributed by atoms with Gasteiger partial charge in [-0.25, -0.2) is 27.2 Å². The van der Waals surface area contributed by atoms with E-state index in [2.05, 4.69) is 20.5 Å². The number of carboxylic acids is 1. The van der Waals surface area contributed by atoms with E-state index in [0.717, 1.165) is 24.3 Å². The summed E-state index contributed by atoms with van der Waals surface area (Å²) < 4.78 is 138. The van der Waals surface area contributed by atoms with Gasteiger partial charge in [0.1, 0.15) is 55.4 Å². The minimum absolute atomic E-state index is 0.0336. The van der Waals surface area contributed by atoms with Crippen LogP contribution in [0.15, 0.2) is 136 Å². The number of nitrogens with two attached hydrogens (primary N) is 3. The number of aromatic carboxylic acids is 1. The van der Waals surface area contributed by atoms with Crippen molar-refractivity contribution in [3.05, 3.63) is 103 Å². The molecule has 3 aromatic carbocycles. The molecule has 30 heteroatoms. The van der Waals surface area contributed by atoms with E-state index in [0.29, 0.717) is 24.2 Å². The van der Waals surface area contributed by atoms with Crippen LogP contribution < -0.4 is 26.3 Å². The van der Waals surface area contributed by atoms with Crippen molar-refractivity contribution in [1.82, 2.24) is 0 Å². The van der Waals surface area contributed by atoms with E-state index in [9.17, 15) is 56.9 Å². The second-order valence-corrected chi connectivity index (χ2v) is 19.8. The number of sulfone groups is 1. The van der Waals surface area contributed by atoms with Crippen LogP contribution in [0, 0.1) is 0 Å². The first-order chi connectivity index (χ1) is 29.8. The zero-order valence-corrected chi connectivity index (χ0v) is 36.2. The van der Waals surface area contributed by atoms with Crippen molar-refractivity contribution in [2.24, 2.45) is 26.2 Å². The number of rotatable bonds is 19. The molecule has 0 aliphatic carbocycles. The van der Waals surface area contributed by atoms with E-state index in [4.69, 9.17) is 31.5 Å². The van der Waals surface area contributed by atoms with E-state index < -0.39 is 112 Å². The van der Waals surface area contributed by atoms with E-state index in [1.807, 2.05) is 0 Å². The average molecular weight is 984 g/mol. The van der Waals surface area contributed by atoms with Crippen LogP contribution in [0.3, 0.4) is 0 Å². The molecular weight excluding hydrogens is 951 g/mol. The lowest BCUT2D eigenvalue weighted by atomic mass is 10.2. The number of aromatic nitrogens is 2. The second-order valence-electron chi connectivity index (χ2n) is 12.8. The number of hydrogen-bond donors (Lipinski definition) is 7. The van der Waals surface area contributed by atoms with Crippen LogP contribution in [0.4, 0.5) is 34.1 Å². The molecule has 0 aliphatic rings. The number of carbonyl (C=O) groups is 2. The lowest BCUT2D eigenvalue weighted by Gasteiger charge is -2.11. The summed E-state index contributed by atoms with van der Waals surface area (Å²) in [6.45, 7) is -0.0107. The van der Waals surface area contributed by atoms with Gasteiger partial charge in [-0.2, -0.15) is 29.6 Å². The monoisotopic (exact) mass is 983 g/mol. The van der Waals surface area contributed by atoms with E-state index in [1.165, 1.54) is 59.7 Å². The molecular formula is C34H33N9O16S5+2. The van der Waals surface area contributed by atoms with Crippen LogP contribution in [-0.2, 0) is 62.5 Å². The number of nitrogens with zero attached hydrogens (tertiary/aromatic N) is 6. The lowest BCUT2D eigenvalue weighted by molar-refractivity contribution is -0.700. The molecule has 0 unspecified atom stereocenters. The SMILES string of the molecule is NC(=O)c1ccc[n+](CCS(=O)(=O)c2ccc(N=Nc3c(N)c(N=Nc4ccc(SOOCC[n+]5ccc(C(=O)O)cc5)cc4S(=O)(=O)O)cc(S(=O)(=O)O)c3N)c(S(=O)(=O)O)c2)c1. The van der Waals surface area contributed by atoms with Crippen molar-refractivity contribution < 1.29 is 80.4 Å². The topological polar surface area (TPSA) is 405 Å². The number of azo groups is 2. The molecule has 25 nitrogen and oxygen atoms in total. The van der Waals surface area contributed by atoms with Gasteiger partial charge >= 0.3 is 5.97 Å². The molecule has 0 aliphatic heterocycles. The quantitative estimate of drug-likeness (QED) is 0.00914. The molecule has 0 spiro atoms. The lowest BCUT2D eigenvalue weighted by Crippen LogP contribution is -2.37. The number of aryl methyl sites for hydroxylation is 1. The highest BCUT2D eigenvalue weighted by Gasteiger charge is 2.26. The van der Waals surface area contributed by atoms with Crippen LogP contribution in [0.25, 0.3) is 0 Å². The predicted molar refractivity (Wildman–Crippen MR) is 220 cm³/mol. The third-order valence-corrected chi connectivity index (χ3v) is 13.4. The fourth-order valence-corrected chi connectivity index (χ4v) is 9.06. The summed E-state index contributed by atoms with van der Waals surface area (Å²) in [5.41, 5.74) is 13.4. The van der Waals surface area contributed by atoms with Gasteiger partial charge in [0.05, 0.1) is 33.9 Å². The van der Waals surface area contributed by atoms with Gasteiger partial charge in [-0.3, -0.25) is 18.5 Å². The maximum atomic E-state index is 13.2. The van der Waals surface area contributed by atoms with Crippen LogP contribution in [0.2, 0.25) is 0 Å². The molecule has 338 valence electrons. The highest BCUT2D eigenvalue weighted by molar-refractivity contribution is 7.94. The largest absolute Gasteiger partial charge is 0.478 e. The minimum atomic E-state index is -5.25. The third-order valence-electron chi connectivity index (χ3n) is 8.41. The molecule has 0 fully saturated rings. The Morgan fingerprint density at radius 1 is 0.656 bits per heavy atom. The Bertz CT molecular complexity index is 3170. The molecule has 5 aromatic rings. The summed E-state index contributed by atoms with van der Waals surface area (Å²) in [5, 5.41) is 23.9. The maximum Gasteiger partial charge on any atom is 0.336 e. The van der Waals surface area contributed by atoms with Crippen LogP contribution in [-0.4, -0.2) is 76.7 Å². The number of carboxylic acid groups (broad SMARTS) is 1. The average Bonchev–Trinajstić information content (AvgIpc) is 3.21.